The fourth-order valence-corrected chi connectivity index (χ4v) is 5.46. The molecule has 0 fully saturated rings. The van der Waals surface area contributed by atoms with Gasteiger partial charge in [0, 0.05) is 42.2 Å². The molecule has 42 heavy (non-hydrogen) atoms. The molecular weight excluding hydrogens is 530 g/mol. The van der Waals surface area contributed by atoms with Gasteiger partial charge in [-0.05, 0) is 37.3 Å². The zero-order valence-corrected chi connectivity index (χ0v) is 24.5. The molecule has 2 aromatic carbocycles. The van der Waals surface area contributed by atoms with Crippen LogP contribution in [0.2, 0.25) is 0 Å². The summed E-state index contributed by atoms with van der Waals surface area (Å²) in [6.45, 7) is 7.12. The predicted octanol–water partition coefficient (Wildman–Crippen LogP) is 4.00. The summed E-state index contributed by atoms with van der Waals surface area (Å²) < 4.78 is 1.79. The topological polar surface area (TPSA) is 125 Å². The fourth-order valence-electron chi connectivity index (χ4n) is 5.46. The van der Waals surface area contributed by atoms with Crippen molar-refractivity contribution in [2.75, 3.05) is 13.1 Å². The van der Waals surface area contributed by atoms with E-state index in [0.29, 0.717) is 44.1 Å². The lowest BCUT2D eigenvalue weighted by molar-refractivity contribution is -0.131. The van der Waals surface area contributed by atoms with Crippen molar-refractivity contribution in [3.05, 3.63) is 72.2 Å². The molecule has 1 aliphatic rings. The van der Waals surface area contributed by atoms with Crippen molar-refractivity contribution in [3.8, 4) is 11.4 Å². The Morgan fingerprint density at radius 2 is 1.76 bits per heavy atom. The van der Waals surface area contributed by atoms with Crippen molar-refractivity contribution >= 4 is 28.6 Å². The first-order valence-electron chi connectivity index (χ1n) is 14.7. The molecule has 3 heterocycles. The number of para-hydroxylation sites is 1. The van der Waals surface area contributed by atoms with Crippen LogP contribution in [0.15, 0.2) is 60.8 Å². The Balaban J connectivity index is 1.44. The minimum atomic E-state index is -0.660. The summed E-state index contributed by atoms with van der Waals surface area (Å²) in [7, 11) is 0. The van der Waals surface area contributed by atoms with E-state index in [0.717, 1.165) is 22.0 Å². The maximum absolute atomic E-state index is 13.7. The second-order valence-corrected chi connectivity index (χ2v) is 11.4. The number of nitrogens with zero attached hydrogens (tertiary/aromatic N) is 4. The molecule has 220 valence electrons. The average molecular weight is 570 g/mol. The molecule has 5 rings (SSSR count). The number of rotatable bonds is 5. The summed E-state index contributed by atoms with van der Waals surface area (Å²) in [4.78, 5) is 49.7. The molecule has 0 spiro atoms. The third kappa shape index (κ3) is 6.87. The number of nitrogens with one attached hydrogen (secondary N) is 3. The van der Waals surface area contributed by atoms with E-state index in [1.165, 1.54) is 0 Å². The van der Waals surface area contributed by atoms with Crippen LogP contribution in [-0.4, -0.2) is 61.5 Å². The largest absolute Gasteiger partial charge is 0.361 e. The molecule has 10 nitrogen and oxygen atoms in total. The van der Waals surface area contributed by atoms with E-state index in [1.807, 2.05) is 86.5 Å². The van der Waals surface area contributed by atoms with Gasteiger partial charge in [0.1, 0.15) is 11.9 Å². The lowest BCUT2D eigenvalue weighted by Crippen LogP contribution is -2.48. The van der Waals surface area contributed by atoms with Crippen LogP contribution in [0, 0.1) is 5.92 Å². The van der Waals surface area contributed by atoms with Crippen LogP contribution in [0.3, 0.4) is 0 Å². The van der Waals surface area contributed by atoms with Crippen molar-refractivity contribution in [3.63, 3.8) is 0 Å². The van der Waals surface area contributed by atoms with E-state index in [2.05, 4.69) is 15.6 Å². The summed E-state index contributed by atoms with van der Waals surface area (Å²) in [5.41, 5.74) is 2.80. The molecule has 2 atom stereocenters. The number of hydrogen-bond donors (Lipinski definition) is 3. The number of H-pyrrole nitrogens is 1. The smallest absolute Gasteiger partial charge is 0.243 e. The van der Waals surface area contributed by atoms with Crippen molar-refractivity contribution in [1.82, 2.24) is 35.3 Å². The Morgan fingerprint density at radius 3 is 2.55 bits per heavy atom. The zero-order chi connectivity index (χ0) is 29.6. The van der Waals surface area contributed by atoms with Crippen LogP contribution in [-0.2, 0) is 27.3 Å². The third-order valence-electron chi connectivity index (χ3n) is 7.62. The molecule has 0 radical (unpaired) electrons. The van der Waals surface area contributed by atoms with Crippen LogP contribution in [0.4, 0.5) is 0 Å². The normalized spacial score (nSPS) is 18.8. The lowest BCUT2D eigenvalue weighted by Gasteiger charge is -2.26. The van der Waals surface area contributed by atoms with Crippen LogP contribution < -0.4 is 10.6 Å². The first kappa shape index (κ1) is 29.0. The van der Waals surface area contributed by atoms with Gasteiger partial charge in [-0.1, -0.05) is 62.4 Å². The number of carbonyl (C=O) groups excluding carboxylic acids is 3. The van der Waals surface area contributed by atoms with Gasteiger partial charge < -0.3 is 20.5 Å². The molecule has 0 bridgehead atoms. The van der Waals surface area contributed by atoms with E-state index < -0.39 is 12.1 Å². The second-order valence-electron chi connectivity index (χ2n) is 11.4. The number of benzene rings is 2. The summed E-state index contributed by atoms with van der Waals surface area (Å²) in [6.07, 6.45) is 3.36. The molecule has 0 saturated heterocycles. The van der Waals surface area contributed by atoms with Crippen LogP contribution >= 0.6 is 0 Å². The Hall–Kier alpha value is -4.47. The fraction of sp³-hybridized carbons (Fsp3) is 0.406. The minimum Gasteiger partial charge on any atom is -0.361 e. The molecular formula is C32H39N7O3. The molecule has 0 unspecified atom stereocenters. The minimum absolute atomic E-state index is 0.0174. The molecule has 3 N–H and O–H groups in total. The van der Waals surface area contributed by atoms with Crippen LogP contribution in [0.25, 0.3) is 22.3 Å². The molecule has 4 aromatic rings. The van der Waals surface area contributed by atoms with E-state index in [-0.39, 0.29) is 36.5 Å². The van der Waals surface area contributed by atoms with Gasteiger partial charge in [-0.15, -0.1) is 0 Å². The highest BCUT2D eigenvalue weighted by Crippen LogP contribution is 2.21. The van der Waals surface area contributed by atoms with E-state index in [9.17, 15) is 14.4 Å². The highest BCUT2D eigenvalue weighted by atomic mass is 16.2. The first-order chi connectivity index (χ1) is 20.3. The molecule has 10 heteroatoms. The summed E-state index contributed by atoms with van der Waals surface area (Å²) >= 11 is 0. The maximum atomic E-state index is 13.7. The Morgan fingerprint density at radius 1 is 1.00 bits per heavy atom. The maximum Gasteiger partial charge on any atom is 0.243 e. The number of hydrogen-bond acceptors (Lipinski definition) is 5. The summed E-state index contributed by atoms with van der Waals surface area (Å²) in [5.74, 6) is 0.905. The molecule has 1 aliphatic heterocycles. The number of aromatic amines is 1. The van der Waals surface area contributed by atoms with Gasteiger partial charge in [-0.2, -0.15) is 5.10 Å². The van der Waals surface area contributed by atoms with E-state index in [4.69, 9.17) is 10.1 Å². The average Bonchev–Trinajstić information content (AvgIpc) is 3.59. The molecule has 3 amide bonds. The van der Waals surface area contributed by atoms with Gasteiger partial charge in [0.25, 0.3) is 0 Å². The van der Waals surface area contributed by atoms with Gasteiger partial charge in [0.2, 0.25) is 17.7 Å². The van der Waals surface area contributed by atoms with Crippen molar-refractivity contribution in [2.24, 2.45) is 5.92 Å². The monoisotopic (exact) mass is 569 g/mol. The van der Waals surface area contributed by atoms with E-state index >= 15 is 0 Å². The molecule has 2 aromatic heterocycles. The van der Waals surface area contributed by atoms with Gasteiger partial charge in [-0.3, -0.25) is 14.4 Å². The zero-order valence-electron chi connectivity index (χ0n) is 24.5. The van der Waals surface area contributed by atoms with Gasteiger partial charge in [0.05, 0.1) is 19.0 Å². The third-order valence-corrected chi connectivity index (χ3v) is 7.62. The standard InChI is InChI=1S/C32H39N7O3/c1-21(2)18-27-32(42)34-22(3)31-36-30(23-10-5-4-6-11-23)37-39(31)17-16-38(15-9-14-28(40)35-27)29(41)19-24-20-33-26-13-8-7-12-25(24)26/h4-8,10-13,20-22,27,33H,9,14-19H2,1-3H3,(H,34,42)(H,35,40)/t22-,27-/m1/s1. The highest BCUT2D eigenvalue weighted by Gasteiger charge is 2.27. The van der Waals surface area contributed by atoms with Gasteiger partial charge >= 0.3 is 0 Å². The number of fused-ring (bicyclic) bond motifs is 2. The lowest BCUT2D eigenvalue weighted by atomic mass is 10.0. The van der Waals surface area contributed by atoms with Gasteiger partial charge in [-0.25, -0.2) is 9.67 Å². The Bertz CT molecular complexity index is 1540. The Kier molecular flexibility index (Phi) is 9.00. The van der Waals surface area contributed by atoms with Crippen molar-refractivity contribution in [1.29, 1.82) is 0 Å². The van der Waals surface area contributed by atoms with Crippen LogP contribution in [0.1, 0.15) is 57.5 Å². The van der Waals surface area contributed by atoms with Gasteiger partial charge in [0.15, 0.2) is 5.82 Å². The summed E-state index contributed by atoms with van der Waals surface area (Å²) in [5, 5.41) is 11.8. The number of aromatic nitrogens is 4. The summed E-state index contributed by atoms with van der Waals surface area (Å²) in [6, 6.07) is 16.5. The van der Waals surface area contributed by atoms with Crippen molar-refractivity contribution in [2.45, 2.75) is 65.1 Å². The highest BCUT2D eigenvalue weighted by molar-refractivity contribution is 5.89. The van der Waals surface area contributed by atoms with E-state index in [1.54, 1.807) is 4.68 Å². The number of amides is 3. The quantitative estimate of drug-likeness (QED) is 0.335. The van der Waals surface area contributed by atoms with Crippen LogP contribution in [0.5, 0.6) is 0 Å². The second kappa shape index (κ2) is 13.0. The molecule has 0 saturated carbocycles. The van der Waals surface area contributed by atoms with Crippen molar-refractivity contribution < 1.29 is 14.4 Å². The Labute approximate surface area is 245 Å². The molecule has 0 aliphatic carbocycles. The first-order valence-corrected chi connectivity index (χ1v) is 14.7. The predicted molar refractivity (Wildman–Crippen MR) is 161 cm³/mol. The number of carbonyl (C=O) groups is 3. The SMILES string of the molecule is CC(C)C[C@H]1NC(=O)CCCN(C(=O)Cc2c[nH]c3ccccc23)CCn2nc(-c3ccccc3)nc2[C@@H](C)NC1=O.